The summed E-state index contributed by atoms with van der Waals surface area (Å²) < 4.78 is 0. The van der Waals surface area contributed by atoms with Gasteiger partial charge in [-0.15, -0.1) is 5.06 Å². The Kier molecular flexibility index (Phi) is 3.95. The number of hydrogen-bond donors (Lipinski definition) is 0. The van der Waals surface area contributed by atoms with Crippen LogP contribution in [0, 0.1) is 0 Å². The quantitative estimate of drug-likeness (QED) is 0.738. The Balaban J connectivity index is 1.72. The van der Waals surface area contributed by atoms with Crippen molar-refractivity contribution in [3.05, 3.63) is 47.5 Å². The highest BCUT2D eigenvalue weighted by Gasteiger charge is 2.33. The molecule has 0 spiro atoms. The van der Waals surface area contributed by atoms with E-state index in [4.69, 9.17) is 4.84 Å². The Morgan fingerprint density at radius 3 is 2.25 bits per heavy atom. The monoisotopic (exact) mass is 328 g/mol. The Bertz CT molecular complexity index is 764. The molecule has 0 radical (unpaired) electrons. The normalized spacial score (nSPS) is 17.2. The first-order chi connectivity index (χ1) is 11.5. The lowest BCUT2D eigenvalue weighted by molar-refractivity contribution is -0.172. The standard InChI is InChI=1S/C16H12N2O6/c19-12-4-5-13(20)17(12)9-10-2-1-3-11(8-10)16(23)24-18-14(21)6-7-15(18)22/h1-5,8H,6-7,9H2. The summed E-state index contributed by atoms with van der Waals surface area (Å²) in [5.41, 5.74) is 0.640. The largest absolute Gasteiger partial charge is 0.363 e. The van der Waals surface area contributed by atoms with E-state index in [9.17, 15) is 24.0 Å². The van der Waals surface area contributed by atoms with Crippen molar-refractivity contribution in [3.8, 4) is 0 Å². The van der Waals surface area contributed by atoms with Crippen LogP contribution >= 0.6 is 0 Å². The van der Waals surface area contributed by atoms with Crippen molar-refractivity contribution in [3.63, 3.8) is 0 Å². The third-order valence-electron chi connectivity index (χ3n) is 3.58. The van der Waals surface area contributed by atoms with Crippen LogP contribution in [-0.4, -0.2) is 39.6 Å². The zero-order valence-electron chi connectivity index (χ0n) is 12.4. The topological polar surface area (TPSA) is 101 Å². The van der Waals surface area contributed by atoms with Gasteiger partial charge in [-0.3, -0.25) is 24.1 Å². The van der Waals surface area contributed by atoms with Crippen LogP contribution in [0.2, 0.25) is 0 Å². The summed E-state index contributed by atoms with van der Waals surface area (Å²) in [5.74, 6) is -2.85. The van der Waals surface area contributed by atoms with Gasteiger partial charge < -0.3 is 4.84 Å². The highest BCUT2D eigenvalue weighted by Crippen LogP contribution is 2.16. The van der Waals surface area contributed by atoms with Gasteiger partial charge in [-0.2, -0.15) is 0 Å². The van der Waals surface area contributed by atoms with Gasteiger partial charge in [0.2, 0.25) is 0 Å². The van der Waals surface area contributed by atoms with Crippen LogP contribution < -0.4 is 0 Å². The van der Waals surface area contributed by atoms with Crippen LogP contribution in [0.15, 0.2) is 36.4 Å². The lowest BCUT2D eigenvalue weighted by Gasteiger charge is -2.15. The molecule has 0 aromatic heterocycles. The van der Waals surface area contributed by atoms with Gasteiger partial charge in [0.1, 0.15) is 0 Å². The fourth-order valence-electron chi connectivity index (χ4n) is 2.36. The fourth-order valence-corrected chi connectivity index (χ4v) is 2.36. The number of carbonyl (C=O) groups is 5. The Hall–Kier alpha value is -3.29. The number of rotatable bonds is 4. The first kappa shape index (κ1) is 15.6. The third-order valence-corrected chi connectivity index (χ3v) is 3.58. The predicted molar refractivity (Wildman–Crippen MR) is 77.6 cm³/mol. The molecule has 3 rings (SSSR count). The summed E-state index contributed by atoms with van der Waals surface area (Å²) >= 11 is 0. The smallest absolute Gasteiger partial charge is 0.325 e. The second-order valence-electron chi connectivity index (χ2n) is 5.26. The van der Waals surface area contributed by atoms with Gasteiger partial charge in [0, 0.05) is 25.0 Å². The maximum Gasteiger partial charge on any atom is 0.363 e. The maximum atomic E-state index is 12.1. The third kappa shape index (κ3) is 2.94. The molecule has 122 valence electrons. The highest BCUT2D eigenvalue weighted by atomic mass is 16.7. The van der Waals surface area contributed by atoms with E-state index in [1.165, 1.54) is 24.3 Å². The molecule has 1 aromatic rings. The molecular weight excluding hydrogens is 316 g/mol. The van der Waals surface area contributed by atoms with Crippen LogP contribution in [0.4, 0.5) is 0 Å². The highest BCUT2D eigenvalue weighted by molar-refractivity contribution is 6.12. The van der Waals surface area contributed by atoms with Crippen molar-refractivity contribution >= 4 is 29.6 Å². The molecule has 0 N–H and O–H groups in total. The second-order valence-corrected chi connectivity index (χ2v) is 5.26. The number of carbonyl (C=O) groups excluding carboxylic acids is 5. The van der Waals surface area contributed by atoms with Gasteiger partial charge in [-0.25, -0.2) is 4.79 Å². The summed E-state index contributed by atoms with van der Waals surface area (Å²) in [6.07, 6.45) is 2.37. The summed E-state index contributed by atoms with van der Waals surface area (Å²) in [6.45, 7) is 0.00730. The predicted octanol–water partition coefficient (Wildman–Crippen LogP) is 0.332. The molecule has 1 aromatic carbocycles. The zero-order chi connectivity index (χ0) is 17.3. The van der Waals surface area contributed by atoms with E-state index >= 15 is 0 Å². The molecule has 1 fully saturated rings. The molecule has 2 aliphatic rings. The van der Waals surface area contributed by atoms with E-state index < -0.39 is 29.6 Å². The number of benzene rings is 1. The first-order valence-electron chi connectivity index (χ1n) is 7.16. The Morgan fingerprint density at radius 1 is 1.00 bits per heavy atom. The Labute approximate surface area is 136 Å². The summed E-state index contributed by atoms with van der Waals surface area (Å²) in [5, 5.41) is 0.465. The minimum absolute atomic E-state index is 0.00730. The molecule has 0 unspecified atom stereocenters. The molecular formula is C16H12N2O6. The lowest BCUT2D eigenvalue weighted by atomic mass is 10.1. The average Bonchev–Trinajstić information content (AvgIpc) is 3.05. The van der Waals surface area contributed by atoms with Crippen LogP contribution in [0.25, 0.3) is 0 Å². The Morgan fingerprint density at radius 2 is 1.62 bits per heavy atom. The summed E-state index contributed by atoms with van der Waals surface area (Å²) in [4.78, 5) is 64.0. The first-order valence-corrected chi connectivity index (χ1v) is 7.16. The van der Waals surface area contributed by atoms with Crippen molar-refractivity contribution < 1.29 is 28.8 Å². The maximum absolute atomic E-state index is 12.1. The van der Waals surface area contributed by atoms with Gasteiger partial charge >= 0.3 is 5.97 Å². The van der Waals surface area contributed by atoms with Crippen molar-refractivity contribution in [2.75, 3.05) is 0 Å². The van der Waals surface area contributed by atoms with Crippen LogP contribution in [0.5, 0.6) is 0 Å². The lowest BCUT2D eigenvalue weighted by Crippen LogP contribution is -2.32. The minimum Gasteiger partial charge on any atom is -0.325 e. The van der Waals surface area contributed by atoms with Gasteiger partial charge in [0.05, 0.1) is 12.1 Å². The second kappa shape index (κ2) is 6.07. The molecule has 1 saturated heterocycles. The molecule has 8 heteroatoms. The molecule has 0 bridgehead atoms. The molecule has 2 heterocycles. The number of hydroxylamine groups is 2. The van der Waals surface area contributed by atoms with Gasteiger partial charge in [-0.1, -0.05) is 12.1 Å². The molecule has 0 saturated carbocycles. The van der Waals surface area contributed by atoms with Crippen LogP contribution in [0.1, 0.15) is 28.8 Å². The van der Waals surface area contributed by atoms with E-state index in [2.05, 4.69) is 0 Å². The summed E-state index contributed by atoms with van der Waals surface area (Å²) in [7, 11) is 0. The SMILES string of the molecule is O=C(ON1C(=O)CCC1=O)c1cccc(CN2C(=O)C=CC2=O)c1. The van der Waals surface area contributed by atoms with Gasteiger partial charge in [0.15, 0.2) is 0 Å². The number of amides is 4. The fraction of sp³-hybridized carbons (Fsp3) is 0.188. The number of imide groups is 2. The van der Waals surface area contributed by atoms with Gasteiger partial charge in [0.25, 0.3) is 23.6 Å². The van der Waals surface area contributed by atoms with Crippen LogP contribution in [-0.2, 0) is 30.6 Å². The van der Waals surface area contributed by atoms with Crippen molar-refractivity contribution in [1.29, 1.82) is 0 Å². The average molecular weight is 328 g/mol. The number of hydrogen-bond acceptors (Lipinski definition) is 6. The molecule has 0 atom stereocenters. The molecule has 2 aliphatic heterocycles. The van der Waals surface area contributed by atoms with E-state index in [0.717, 1.165) is 4.90 Å². The van der Waals surface area contributed by atoms with E-state index in [-0.39, 0.29) is 24.9 Å². The zero-order valence-corrected chi connectivity index (χ0v) is 12.4. The van der Waals surface area contributed by atoms with E-state index in [1.54, 1.807) is 12.1 Å². The molecule has 24 heavy (non-hydrogen) atoms. The van der Waals surface area contributed by atoms with Crippen molar-refractivity contribution in [2.24, 2.45) is 0 Å². The number of nitrogens with zero attached hydrogens (tertiary/aromatic N) is 2. The van der Waals surface area contributed by atoms with Crippen molar-refractivity contribution in [1.82, 2.24) is 9.96 Å². The van der Waals surface area contributed by atoms with Gasteiger partial charge in [-0.05, 0) is 17.7 Å². The molecule has 0 aliphatic carbocycles. The van der Waals surface area contributed by atoms with Crippen LogP contribution in [0.3, 0.4) is 0 Å². The van der Waals surface area contributed by atoms with E-state index in [1.807, 2.05) is 0 Å². The molecule has 8 nitrogen and oxygen atoms in total. The van der Waals surface area contributed by atoms with E-state index in [0.29, 0.717) is 10.6 Å². The minimum atomic E-state index is -0.863. The summed E-state index contributed by atoms with van der Waals surface area (Å²) in [6, 6.07) is 6.08. The molecule has 4 amide bonds. The van der Waals surface area contributed by atoms with Crippen molar-refractivity contribution in [2.45, 2.75) is 19.4 Å².